The maximum atomic E-state index is 10.6. The fourth-order valence-electron chi connectivity index (χ4n) is 0.707. The summed E-state index contributed by atoms with van der Waals surface area (Å²) in [5, 5.41) is 0. The van der Waals surface area contributed by atoms with E-state index in [1.807, 2.05) is 19.0 Å². The summed E-state index contributed by atoms with van der Waals surface area (Å²) in [7, 11) is 3.95. The third-order valence-corrected chi connectivity index (χ3v) is 1.86. The number of nitrogens with one attached hydrogen (secondary N) is 1. The summed E-state index contributed by atoms with van der Waals surface area (Å²) in [6.45, 7) is 0.837. The molecular formula is C6H10N2OS. The Morgan fingerprint density at radius 2 is 2.40 bits per heavy atom. The Labute approximate surface area is 63.3 Å². The van der Waals surface area contributed by atoms with Crippen molar-refractivity contribution in [3.8, 4) is 0 Å². The van der Waals surface area contributed by atoms with Gasteiger partial charge in [-0.15, -0.1) is 0 Å². The van der Waals surface area contributed by atoms with Crippen LogP contribution in [-0.2, 0) is 6.54 Å². The molecule has 0 spiro atoms. The van der Waals surface area contributed by atoms with E-state index >= 15 is 0 Å². The van der Waals surface area contributed by atoms with E-state index in [9.17, 15) is 4.79 Å². The second kappa shape index (κ2) is 2.98. The number of nitrogens with zero attached hydrogens (tertiary/aromatic N) is 1. The van der Waals surface area contributed by atoms with E-state index in [1.54, 1.807) is 6.20 Å². The molecular weight excluding hydrogens is 148 g/mol. The summed E-state index contributed by atoms with van der Waals surface area (Å²) in [6, 6.07) is 0. The quantitative estimate of drug-likeness (QED) is 0.680. The first-order valence-corrected chi connectivity index (χ1v) is 3.82. The van der Waals surface area contributed by atoms with Crippen LogP contribution in [0.25, 0.3) is 0 Å². The Bertz CT molecular complexity index is 250. The van der Waals surface area contributed by atoms with Gasteiger partial charge in [-0.05, 0) is 14.1 Å². The number of thiazole rings is 1. The average molecular weight is 158 g/mol. The zero-order chi connectivity index (χ0) is 7.56. The van der Waals surface area contributed by atoms with Crippen LogP contribution in [0.2, 0.25) is 0 Å². The first-order valence-electron chi connectivity index (χ1n) is 3.00. The van der Waals surface area contributed by atoms with Gasteiger partial charge < -0.3 is 9.88 Å². The molecule has 0 aromatic carbocycles. The van der Waals surface area contributed by atoms with Gasteiger partial charge in [-0.1, -0.05) is 11.3 Å². The Hall–Kier alpha value is -0.610. The summed E-state index contributed by atoms with van der Waals surface area (Å²) in [4.78, 5) is 16.4. The third kappa shape index (κ3) is 1.97. The molecule has 0 amide bonds. The van der Waals surface area contributed by atoms with Crippen LogP contribution in [0.1, 0.15) is 4.88 Å². The minimum absolute atomic E-state index is 0.0249. The molecule has 3 nitrogen and oxygen atoms in total. The van der Waals surface area contributed by atoms with Gasteiger partial charge in [0.15, 0.2) is 0 Å². The van der Waals surface area contributed by atoms with E-state index < -0.39 is 0 Å². The van der Waals surface area contributed by atoms with Gasteiger partial charge in [-0.2, -0.15) is 0 Å². The van der Waals surface area contributed by atoms with E-state index in [1.165, 1.54) is 11.3 Å². The lowest BCUT2D eigenvalue weighted by molar-refractivity contribution is 0.406. The predicted molar refractivity (Wildman–Crippen MR) is 42.3 cm³/mol. The molecule has 1 heterocycles. The minimum Gasteiger partial charge on any atom is -0.319 e. The largest absolute Gasteiger partial charge is 0.319 e. The van der Waals surface area contributed by atoms with Crippen LogP contribution in [0.4, 0.5) is 0 Å². The zero-order valence-electron chi connectivity index (χ0n) is 6.05. The van der Waals surface area contributed by atoms with E-state index in [2.05, 4.69) is 4.98 Å². The predicted octanol–water partition coefficient (Wildman–Crippen LogP) is 0.498. The highest BCUT2D eigenvalue weighted by Crippen LogP contribution is 2.01. The monoisotopic (exact) mass is 158 g/mol. The summed E-state index contributed by atoms with van der Waals surface area (Å²) in [6.07, 6.45) is 1.76. The molecule has 1 aromatic rings. The SMILES string of the molecule is CN(C)Cc1c[nH]c(=O)s1. The summed E-state index contributed by atoms with van der Waals surface area (Å²) in [5.41, 5.74) is 0. The molecule has 0 aliphatic heterocycles. The molecule has 0 aliphatic rings. The van der Waals surface area contributed by atoms with Crippen molar-refractivity contribution in [1.29, 1.82) is 0 Å². The number of aromatic amines is 1. The van der Waals surface area contributed by atoms with Gasteiger partial charge >= 0.3 is 4.87 Å². The highest BCUT2D eigenvalue weighted by atomic mass is 32.1. The van der Waals surface area contributed by atoms with Crippen molar-refractivity contribution >= 4 is 11.3 Å². The van der Waals surface area contributed by atoms with Gasteiger partial charge in [-0.25, -0.2) is 0 Å². The van der Waals surface area contributed by atoms with Crippen molar-refractivity contribution < 1.29 is 0 Å². The van der Waals surface area contributed by atoms with Gasteiger partial charge in [0, 0.05) is 17.6 Å². The van der Waals surface area contributed by atoms with E-state index in [0.717, 1.165) is 11.4 Å². The molecule has 1 rings (SSSR count). The van der Waals surface area contributed by atoms with Crippen molar-refractivity contribution in [1.82, 2.24) is 9.88 Å². The summed E-state index contributed by atoms with van der Waals surface area (Å²) < 4.78 is 0. The highest BCUT2D eigenvalue weighted by Gasteiger charge is 1.96. The first kappa shape index (κ1) is 7.50. The lowest BCUT2D eigenvalue weighted by atomic mass is 10.5. The molecule has 4 heteroatoms. The standard InChI is InChI=1S/C6H10N2OS/c1-8(2)4-5-3-7-6(9)10-5/h3H,4H2,1-2H3,(H,7,9). The van der Waals surface area contributed by atoms with Gasteiger partial charge in [-0.3, -0.25) is 4.79 Å². The van der Waals surface area contributed by atoms with Gasteiger partial charge in [0.1, 0.15) is 0 Å². The Kier molecular flexibility index (Phi) is 2.24. The molecule has 0 unspecified atom stereocenters. The molecule has 0 saturated heterocycles. The molecule has 0 fully saturated rings. The molecule has 0 atom stereocenters. The minimum atomic E-state index is 0.0249. The molecule has 0 bridgehead atoms. The van der Waals surface area contributed by atoms with Crippen molar-refractivity contribution in [2.45, 2.75) is 6.54 Å². The first-order chi connectivity index (χ1) is 4.68. The summed E-state index contributed by atoms with van der Waals surface area (Å²) >= 11 is 1.26. The van der Waals surface area contributed by atoms with Crippen molar-refractivity contribution in [3.63, 3.8) is 0 Å². The van der Waals surface area contributed by atoms with Gasteiger partial charge in [0.2, 0.25) is 0 Å². The Morgan fingerprint density at radius 1 is 1.70 bits per heavy atom. The molecule has 1 aromatic heterocycles. The maximum absolute atomic E-state index is 10.6. The van der Waals surface area contributed by atoms with Crippen LogP contribution in [0.15, 0.2) is 11.0 Å². The number of rotatable bonds is 2. The fourth-order valence-corrected chi connectivity index (χ4v) is 1.50. The second-order valence-electron chi connectivity index (χ2n) is 2.38. The topological polar surface area (TPSA) is 36.1 Å². The van der Waals surface area contributed by atoms with Crippen LogP contribution in [0, 0.1) is 0 Å². The van der Waals surface area contributed by atoms with Crippen LogP contribution in [0.5, 0.6) is 0 Å². The Balaban J connectivity index is 2.67. The van der Waals surface area contributed by atoms with Crippen LogP contribution in [0.3, 0.4) is 0 Å². The lowest BCUT2D eigenvalue weighted by Gasteiger charge is -2.04. The van der Waals surface area contributed by atoms with Crippen LogP contribution >= 0.6 is 11.3 Å². The molecule has 0 aliphatic carbocycles. The van der Waals surface area contributed by atoms with E-state index in [4.69, 9.17) is 0 Å². The highest BCUT2D eigenvalue weighted by molar-refractivity contribution is 7.09. The number of hydrogen-bond acceptors (Lipinski definition) is 3. The van der Waals surface area contributed by atoms with E-state index in [-0.39, 0.29) is 4.87 Å². The molecule has 10 heavy (non-hydrogen) atoms. The fraction of sp³-hybridized carbons (Fsp3) is 0.500. The molecule has 0 saturated carbocycles. The van der Waals surface area contributed by atoms with Crippen LogP contribution in [-0.4, -0.2) is 24.0 Å². The third-order valence-electron chi connectivity index (χ3n) is 1.05. The molecule has 0 radical (unpaired) electrons. The number of H-pyrrole nitrogens is 1. The molecule has 56 valence electrons. The van der Waals surface area contributed by atoms with Crippen LogP contribution < -0.4 is 4.87 Å². The van der Waals surface area contributed by atoms with Crippen molar-refractivity contribution in [2.75, 3.05) is 14.1 Å². The normalized spacial score (nSPS) is 10.7. The van der Waals surface area contributed by atoms with Crippen molar-refractivity contribution in [2.24, 2.45) is 0 Å². The number of aromatic nitrogens is 1. The second-order valence-corrected chi connectivity index (χ2v) is 3.48. The summed E-state index contributed by atoms with van der Waals surface area (Å²) in [5.74, 6) is 0. The van der Waals surface area contributed by atoms with Crippen molar-refractivity contribution in [3.05, 3.63) is 20.7 Å². The van der Waals surface area contributed by atoms with Gasteiger partial charge in [0.25, 0.3) is 0 Å². The average Bonchev–Trinajstić information content (AvgIpc) is 2.13. The Morgan fingerprint density at radius 3 is 2.80 bits per heavy atom. The maximum Gasteiger partial charge on any atom is 0.304 e. The lowest BCUT2D eigenvalue weighted by Crippen LogP contribution is -2.09. The van der Waals surface area contributed by atoms with Gasteiger partial charge in [0.05, 0.1) is 0 Å². The zero-order valence-corrected chi connectivity index (χ0v) is 6.86. The number of hydrogen-bond donors (Lipinski definition) is 1. The van der Waals surface area contributed by atoms with E-state index in [0.29, 0.717) is 0 Å². The molecule has 1 N–H and O–H groups in total. The smallest absolute Gasteiger partial charge is 0.304 e.